The summed E-state index contributed by atoms with van der Waals surface area (Å²) in [6.07, 6.45) is 1.32. The van der Waals surface area contributed by atoms with Crippen LogP contribution in [0.1, 0.15) is 18.0 Å². The van der Waals surface area contributed by atoms with Crippen molar-refractivity contribution >= 4 is 23.5 Å². The van der Waals surface area contributed by atoms with Crippen LogP contribution in [0.25, 0.3) is 0 Å². The maximum atomic E-state index is 5.75. The summed E-state index contributed by atoms with van der Waals surface area (Å²) in [7, 11) is 0. The molecular formula is C16H19N3OS2. The molecule has 0 spiro atoms. The summed E-state index contributed by atoms with van der Waals surface area (Å²) in [6, 6.07) is 9.97. The Morgan fingerprint density at radius 1 is 1.23 bits per heavy atom. The summed E-state index contributed by atoms with van der Waals surface area (Å²) in [5.74, 6) is 3.24. The summed E-state index contributed by atoms with van der Waals surface area (Å²) in [6.45, 7) is 4.39. The normalized spacial score (nSPS) is 26.5. The molecule has 3 unspecified atom stereocenters. The number of hydrogen-bond acceptors (Lipinski definition) is 6. The number of piperidine rings is 1. The molecule has 2 fully saturated rings. The third-order valence-corrected chi connectivity index (χ3v) is 6.10. The molecule has 2 aliphatic heterocycles. The fourth-order valence-electron chi connectivity index (χ4n) is 3.42. The van der Waals surface area contributed by atoms with Gasteiger partial charge in [0.2, 0.25) is 0 Å². The van der Waals surface area contributed by atoms with E-state index in [4.69, 9.17) is 4.74 Å². The Hall–Kier alpha value is -1.11. The molecule has 2 aromatic rings. The molecule has 0 radical (unpaired) electrons. The summed E-state index contributed by atoms with van der Waals surface area (Å²) in [5.41, 5.74) is 1.24. The van der Waals surface area contributed by atoms with Gasteiger partial charge in [0.25, 0.3) is 0 Å². The van der Waals surface area contributed by atoms with Gasteiger partial charge in [0, 0.05) is 24.8 Å². The van der Waals surface area contributed by atoms with Crippen molar-refractivity contribution in [3.8, 4) is 5.75 Å². The van der Waals surface area contributed by atoms with E-state index >= 15 is 0 Å². The highest BCUT2D eigenvalue weighted by Gasteiger charge is 2.41. The Morgan fingerprint density at radius 3 is 2.91 bits per heavy atom. The van der Waals surface area contributed by atoms with Gasteiger partial charge < -0.3 is 9.64 Å². The molecule has 2 aliphatic rings. The molecule has 2 bridgehead atoms. The minimum atomic E-state index is 0.602. The summed E-state index contributed by atoms with van der Waals surface area (Å²) >= 11 is 3.14. The molecule has 22 heavy (non-hydrogen) atoms. The SMILES string of the molecule is c1ccc(OCCSc2nsnc2C2CN3CCC2C3)cc1. The van der Waals surface area contributed by atoms with Crippen LogP contribution < -0.4 is 4.74 Å². The number of fused-ring (bicyclic) bond motifs is 2. The van der Waals surface area contributed by atoms with Gasteiger partial charge in [-0.25, -0.2) is 0 Å². The maximum Gasteiger partial charge on any atom is 0.134 e. The van der Waals surface area contributed by atoms with Gasteiger partial charge in [0.05, 0.1) is 24.0 Å². The molecule has 0 aliphatic carbocycles. The largest absolute Gasteiger partial charge is 0.493 e. The van der Waals surface area contributed by atoms with Gasteiger partial charge in [0.1, 0.15) is 10.8 Å². The molecule has 4 nitrogen and oxygen atoms in total. The quantitative estimate of drug-likeness (QED) is 0.600. The number of hydrogen-bond donors (Lipinski definition) is 0. The Bertz CT molecular complexity index is 619. The monoisotopic (exact) mass is 333 g/mol. The molecule has 0 N–H and O–H groups in total. The second kappa shape index (κ2) is 6.56. The number of nitrogens with zero attached hydrogens (tertiary/aromatic N) is 3. The lowest BCUT2D eigenvalue weighted by Gasteiger charge is -2.20. The number of para-hydroxylation sites is 1. The van der Waals surface area contributed by atoms with Crippen LogP contribution in [-0.2, 0) is 0 Å². The van der Waals surface area contributed by atoms with Gasteiger partial charge in [-0.2, -0.15) is 8.75 Å². The average Bonchev–Trinajstić information content (AvgIpc) is 3.28. The molecule has 116 valence electrons. The van der Waals surface area contributed by atoms with Gasteiger partial charge in [-0.3, -0.25) is 0 Å². The van der Waals surface area contributed by atoms with E-state index in [-0.39, 0.29) is 0 Å². The van der Waals surface area contributed by atoms with E-state index in [1.165, 1.54) is 43.5 Å². The molecule has 3 heterocycles. The van der Waals surface area contributed by atoms with Crippen molar-refractivity contribution in [2.24, 2.45) is 5.92 Å². The number of rotatable bonds is 6. The maximum absolute atomic E-state index is 5.75. The van der Waals surface area contributed by atoms with Crippen LogP contribution in [0.2, 0.25) is 0 Å². The number of thioether (sulfide) groups is 1. The van der Waals surface area contributed by atoms with Gasteiger partial charge in [-0.15, -0.1) is 0 Å². The summed E-state index contributed by atoms with van der Waals surface area (Å²) in [5, 5.41) is 1.13. The molecule has 6 heteroatoms. The first kappa shape index (κ1) is 14.5. The smallest absolute Gasteiger partial charge is 0.134 e. The van der Waals surface area contributed by atoms with E-state index in [1.807, 2.05) is 30.3 Å². The highest BCUT2D eigenvalue weighted by molar-refractivity contribution is 7.99. The van der Waals surface area contributed by atoms with Crippen molar-refractivity contribution < 1.29 is 4.74 Å². The van der Waals surface area contributed by atoms with Crippen molar-refractivity contribution in [3.05, 3.63) is 36.0 Å². The van der Waals surface area contributed by atoms with Crippen LogP contribution in [0.3, 0.4) is 0 Å². The Morgan fingerprint density at radius 2 is 2.14 bits per heavy atom. The minimum Gasteiger partial charge on any atom is -0.493 e. The van der Waals surface area contributed by atoms with Gasteiger partial charge >= 0.3 is 0 Å². The van der Waals surface area contributed by atoms with E-state index in [1.54, 1.807) is 11.8 Å². The van der Waals surface area contributed by atoms with E-state index in [2.05, 4.69) is 13.6 Å². The zero-order valence-electron chi connectivity index (χ0n) is 12.4. The number of ether oxygens (including phenoxy) is 1. The standard InChI is InChI=1S/C16H19N3OS2/c1-2-4-13(5-3-1)20-8-9-21-16-15(17-22-18-16)14-11-19-7-6-12(14)10-19/h1-5,12,14H,6-11H2. The van der Waals surface area contributed by atoms with E-state index in [0.29, 0.717) is 12.5 Å². The molecule has 0 saturated carbocycles. The van der Waals surface area contributed by atoms with E-state index in [9.17, 15) is 0 Å². The highest BCUT2D eigenvalue weighted by atomic mass is 32.2. The molecule has 0 amide bonds. The third-order valence-electron chi connectivity index (χ3n) is 4.50. The van der Waals surface area contributed by atoms with Crippen molar-refractivity contribution in [2.45, 2.75) is 17.4 Å². The molecule has 1 aromatic heterocycles. The Labute approximate surface area is 139 Å². The fraction of sp³-hybridized carbons (Fsp3) is 0.500. The van der Waals surface area contributed by atoms with Gasteiger partial charge in [-0.05, 0) is 31.0 Å². The highest BCUT2D eigenvalue weighted by Crippen LogP contribution is 2.41. The zero-order valence-corrected chi connectivity index (χ0v) is 14.0. The lowest BCUT2D eigenvalue weighted by molar-refractivity contribution is 0.341. The fourth-order valence-corrected chi connectivity index (χ4v) is 5.01. The van der Waals surface area contributed by atoms with Crippen LogP contribution in [0.5, 0.6) is 5.75 Å². The van der Waals surface area contributed by atoms with Crippen molar-refractivity contribution in [2.75, 3.05) is 32.0 Å². The first-order valence-electron chi connectivity index (χ1n) is 7.75. The topological polar surface area (TPSA) is 38.3 Å². The average molecular weight is 333 g/mol. The van der Waals surface area contributed by atoms with Crippen LogP contribution in [0.4, 0.5) is 0 Å². The second-order valence-electron chi connectivity index (χ2n) is 5.88. The van der Waals surface area contributed by atoms with Crippen molar-refractivity contribution in [3.63, 3.8) is 0 Å². The van der Waals surface area contributed by atoms with Crippen LogP contribution in [0.15, 0.2) is 35.4 Å². The van der Waals surface area contributed by atoms with Gasteiger partial charge in [0.15, 0.2) is 0 Å². The first-order valence-corrected chi connectivity index (χ1v) is 9.47. The Kier molecular flexibility index (Phi) is 4.32. The predicted molar refractivity (Wildman–Crippen MR) is 89.9 cm³/mol. The van der Waals surface area contributed by atoms with Crippen molar-refractivity contribution in [1.82, 2.24) is 13.6 Å². The first-order chi connectivity index (χ1) is 10.9. The Balaban J connectivity index is 1.31. The molecule has 1 aromatic carbocycles. The lowest BCUT2D eigenvalue weighted by atomic mass is 9.90. The second-order valence-corrected chi connectivity index (χ2v) is 7.49. The zero-order chi connectivity index (χ0) is 14.8. The van der Waals surface area contributed by atoms with E-state index in [0.717, 1.165) is 22.4 Å². The number of benzene rings is 1. The molecular weight excluding hydrogens is 314 g/mol. The van der Waals surface area contributed by atoms with E-state index < -0.39 is 0 Å². The molecule has 2 saturated heterocycles. The summed E-state index contributed by atoms with van der Waals surface area (Å²) in [4.78, 5) is 2.56. The van der Waals surface area contributed by atoms with Crippen LogP contribution in [-0.4, -0.2) is 45.6 Å². The van der Waals surface area contributed by atoms with Crippen LogP contribution in [0, 0.1) is 5.92 Å². The number of aromatic nitrogens is 2. The molecule has 3 atom stereocenters. The molecule has 4 rings (SSSR count). The summed E-state index contributed by atoms with van der Waals surface area (Å²) < 4.78 is 14.8. The predicted octanol–water partition coefficient (Wildman–Crippen LogP) is 3.13. The van der Waals surface area contributed by atoms with Gasteiger partial charge in [-0.1, -0.05) is 30.0 Å². The van der Waals surface area contributed by atoms with Crippen molar-refractivity contribution in [1.29, 1.82) is 0 Å². The lowest BCUT2D eigenvalue weighted by Crippen LogP contribution is -2.22. The third kappa shape index (κ3) is 3.00. The minimum absolute atomic E-state index is 0.602. The van der Waals surface area contributed by atoms with Crippen LogP contribution >= 0.6 is 23.5 Å².